The van der Waals surface area contributed by atoms with E-state index in [1.165, 1.54) is 17.4 Å². The molecule has 0 atom stereocenters. The number of thiophene rings is 1. The molecule has 6 heteroatoms. The Morgan fingerprint density at radius 3 is 2.76 bits per heavy atom. The summed E-state index contributed by atoms with van der Waals surface area (Å²) < 4.78 is 13.6. The van der Waals surface area contributed by atoms with Crippen LogP contribution in [0.1, 0.15) is 9.67 Å². The van der Waals surface area contributed by atoms with Gasteiger partial charge in [0.05, 0.1) is 9.35 Å². The number of thiol groups is 1. The van der Waals surface area contributed by atoms with Crippen molar-refractivity contribution in [3.05, 3.63) is 44.8 Å². The van der Waals surface area contributed by atoms with E-state index in [9.17, 15) is 9.18 Å². The van der Waals surface area contributed by atoms with Crippen molar-refractivity contribution < 1.29 is 9.18 Å². The summed E-state index contributed by atoms with van der Waals surface area (Å²) in [6, 6.07) is 6.10. The molecule has 0 bridgehead atoms. The Kier molecular flexibility index (Phi) is 3.86. The molecule has 0 aliphatic carbocycles. The SMILES string of the molecule is O=C(Nc1ccc(Br)c(F)c1)c1cc(S)cs1. The maximum Gasteiger partial charge on any atom is 0.265 e. The molecule has 88 valence electrons. The summed E-state index contributed by atoms with van der Waals surface area (Å²) >= 11 is 8.46. The van der Waals surface area contributed by atoms with Crippen LogP contribution in [0.3, 0.4) is 0 Å². The van der Waals surface area contributed by atoms with Crippen LogP contribution in [0.4, 0.5) is 10.1 Å². The number of halogens is 2. The number of benzene rings is 1. The fourth-order valence-electron chi connectivity index (χ4n) is 1.21. The van der Waals surface area contributed by atoms with E-state index in [0.717, 1.165) is 4.90 Å². The molecule has 1 amide bonds. The van der Waals surface area contributed by atoms with Crippen molar-refractivity contribution in [2.75, 3.05) is 5.32 Å². The third-order valence-electron chi connectivity index (χ3n) is 1.99. The van der Waals surface area contributed by atoms with Crippen LogP contribution in [-0.4, -0.2) is 5.91 Å². The van der Waals surface area contributed by atoms with Crippen LogP contribution in [0.15, 0.2) is 39.0 Å². The summed E-state index contributed by atoms with van der Waals surface area (Å²) in [4.78, 5) is 13.0. The lowest BCUT2D eigenvalue weighted by molar-refractivity contribution is 0.103. The average Bonchev–Trinajstić information content (AvgIpc) is 2.70. The highest BCUT2D eigenvalue weighted by Crippen LogP contribution is 2.22. The topological polar surface area (TPSA) is 29.1 Å². The maximum atomic E-state index is 13.2. The molecule has 1 aromatic heterocycles. The lowest BCUT2D eigenvalue weighted by atomic mass is 10.3. The van der Waals surface area contributed by atoms with Crippen molar-refractivity contribution in [1.29, 1.82) is 0 Å². The molecule has 0 aliphatic heterocycles. The summed E-state index contributed by atoms with van der Waals surface area (Å²) in [7, 11) is 0. The minimum atomic E-state index is -0.413. The molecule has 2 nitrogen and oxygen atoms in total. The first kappa shape index (κ1) is 12.6. The fraction of sp³-hybridized carbons (Fsp3) is 0. The minimum Gasteiger partial charge on any atom is -0.321 e. The van der Waals surface area contributed by atoms with Gasteiger partial charge in [0.25, 0.3) is 5.91 Å². The molecular formula is C11H7BrFNOS2. The van der Waals surface area contributed by atoms with E-state index in [1.54, 1.807) is 23.6 Å². The monoisotopic (exact) mass is 331 g/mol. The van der Waals surface area contributed by atoms with Crippen LogP contribution in [-0.2, 0) is 0 Å². The Hall–Kier alpha value is -0.850. The highest BCUT2D eigenvalue weighted by atomic mass is 79.9. The summed E-state index contributed by atoms with van der Waals surface area (Å²) in [6.45, 7) is 0. The number of nitrogens with one attached hydrogen (secondary N) is 1. The van der Waals surface area contributed by atoms with Crippen molar-refractivity contribution in [2.24, 2.45) is 0 Å². The Morgan fingerprint density at radius 1 is 1.41 bits per heavy atom. The van der Waals surface area contributed by atoms with E-state index in [4.69, 9.17) is 0 Å². The zero-order valence-electron chi connectivity index (χ0n) is 8.41. The molecule has 0 fully saturated rings. The van der Waals surface area contributed by atoms with Crippen LogP contribution >= 0.6 is 39.9 Å². The summed E-state index contributed by atoms with van der Waals surface area (Å²) in [5.41, 5.74) is 0.421. The largest absolute Gasteiger partial charge is 0.321 e. The van der Waals surface area contributed by atoms with Crippen molar-refractivity contribution in [2.45, 2.75) is 4.90 Å². The summed E-state index contributed by atoms with van der Waals surface area (Å²) in [5.74, 6) is -0.680. The fourth-order valence-corrected chi connectivity index (χ4v) is 2.50. The van der Waals surface area contributed by atoms with Gasteiger partial charge in [-0.1, -0.05) is 0 Å². The lowest BCUT2D eigenvalue weighted by Gasteiger charge is -2.04. The Bertz CT molecular complexity index is 570. The van der Waals surface area contributed by atoms with E-state index in [0.29, 0.717) is 15.0 Å². The Morgan fingerprint density at radius 2 is 2.18 bits per heavy atom. The van der Waals surface area contributed by atoms with Gasteiger partial charge in [-0.15, -0.1) is 24.0 Å². The number of carbonyl (C=O) groups excluding carboxylic acids is 1. The quantitative estimate of drug-likeness (QED) is 0.794. The molecule has 1 N–H and O–H groups in total. The zero-order valence-corrected chi connectivity index (χ0v) is 11.7. The first-order valence-corrected chi connectivity index (χ1v) is 6.72. The molecule has 0 spiro atoms. The van der Waals surface area contributed by atoms with E-state index in [2.05, 4.69) is 33.9 Å². The first-order chi connectivity index (χ1) is 8.06. The highest BCUT2D eigenvalue weighted by molar-refractivity contribution is 9.10. The number of carbonyl (C=O) groups is 1. The van der Waals surface area contributed by atoms with E-state index in [1.807, 2.05) is 0 Å². The molecule has 0 saturated heterocycles. The Labute approximate surface area is 115 Å². The zero-order chi connectivity index (χ0) is 12.4. The van der Waals surface area contributed by atoms with Crippen molar-refractivity contribution in [3.63, 3.8) is 0 Å². The molecule has 0 radical (unpaired) electrons. The van der Waals surface area contributed by atoms with Crippen molar-refractivity contribution in [1.82, 2.24) is 0 Å². The smallest absolute Gasteiger partial charge is 0.265 e. The standard InChI is InChI=1S/C11H7BrFNOS2/c12-8-2-1-6(3-9(8)13)14-11(15)10-4-7(16)5-17-10/h1-5,16H,(H,14,15). The van der Waals surface area contributed by atoms with Crippen LogP contribution in [0.2, 0.25) is 0 Å². The number of rotatable bonds is 2. The molecule has 1 heterocycles. The maximum absolute atomic E-state index is 13.2. The van der Waals surface area contributed by atoms with Gasteiger partial charge in [-0.2, -0.15) is 0 Å². The van der Waals surface area contributed by atoms with Crippen LogP contribution < -0.4 is 5.32 Å². The second kappa shape index (κ2) is 5.20. The van der Waals surface area contributed by atoms with E-state index in [-0.39, 0.29) is 5.91 Å². The second-order valence-electron chi connectivity index (χ2n) is 3.25. The Balaban J connectivity index is 2.15. The van der Waals surface area contributed by atoms with Crippen LogP contribution in [0, 0.1) is 5.82 Å². The molecule has 0 aliphatic rings. The normalized spacial score (nSPS) is 10.3. The van der Waals surface area contributed by atoms with E-state index < -0.39 is 5.82 Å². The van der Waals surface area contributed by atoms with Gasteiger partial charge in [0.2, 0.25) is 0 Å². The number of amides is 1. The molecular weight excluding hydrogens is 325 g/mol. The lowest BCUT2D eigenvalue weighted by Crippen LogP contribution is -2.10. The molecule has 1 aromatic carbocycles. The molecule has 17 heavy (non-hydrogen) atoms. The van der Waals surface area contributed by atoms with E-state index >= 15 is 0 Å². The van der Waals surface area contributed by atoms with Gasteiger partial charge in [0.15, 0.2) is 0 Å². The molecule has 2 rings (SSSR count). The number of anilines is 1. The minimum absolute atomic E-state index is 0.267. The molecule has 2 aromatic rings. The van der Waals surface area contributed by atoms with Crippen molar-refractivity contribution >= 4 is 51.5 Å². The summed E-state index contributed by atoms with van der Waals surface area (Å²) in [5, 5.41) is 4.38. The number of hydrogen-bond acceptors (Lipinski definition) is 3. The molecule has 0 unspecified atom stereocenters. The van der Waals surface area contributed by atoms with Gasteiger partial charge in [-0.25, -0.2) is 4.39 Å². The average molecular weight is 332 g/mol. The van der Waals surface area contributed by atoms with Gasteiger partial charge in [0.1, 0.15) is 5.82 Å². The van der Waals surface area contributed by atoms with Gasteiger partial charge in [-0.05, 0) is 40.2 Å². The van der Waals surface area contributed by atoms with Crippen LogP contribution in [0.25, 0.3) is 0 Å². The predicted molar refractivity (Wildman–Crippen MR) is 73.6 cm³/mol. The molecule has 0 saturated carbocycles. The van der Waals surface area contributed by atoms with Crippen LogP contribution in [0.5, 0.6) is 0 Å². The van der Waals surface area contributed by atoms with Gasteiger partial charge in [-0.3, -0.25) is 4.79 Å². The predicted octanol–water partition coefficient (Wildman–Crippen LogP) is 4.19. The van der Waals surface area contributed by atoms with Crippen molar-refractivity contribution in [3.8, 4) is 0 Å². The number of hydrogen-bond donors (Lipinski definition) is 2. The third kappa shape index (κ3) is 3.08. The van der Waals surface area contributed by atoms with Gasteiger partial charge < -0.3 is 5.32 Å². The van der Waals surface area contributed by atoms with Gasteiger partial charge in [0, 0.05) is 16.0 Å². The second-order valence-corrected chi connectivity index (χ2v) is 5.53. The van der Waals surface area contributed by atoms with Gasteiger partial charge >= 0.3 is 0 Å². The first-order valence-electron chi connectivity index (χ1n) is 4.60. The third-order valence-corrected chi connectivity index (χ3v) is 3.99. The highest BCUT2D eigenvalue weighted by Gasteiger charge is 2.09. The summed E-state index contributed by atoms with van der Waals surface area (Å²) in [6.07, 6.45) is 0.